The molecular weight excluding hydrogens is 216 g/mol. The van der Waals surface area contributed by atoms with Crippen molar-refractivity contribution in [2.24, 2.45) is 5.16 Å². The molecule has 2 aromatic rings. The minimum Gasteiger partial charge on any atom is -0.489 e. The Bertz CT molecular complexity index is 498. The molecule has 4 nitrogen and oxygen atoms in total. The third-order valence-electron chi connectivity index (χ3n) is 2.22. The van der Waals surface area contributed by atoms with Crippen LogP contribution in [0.5, 0.6) is 5.75 Å². The second kappa shape index (κ2) is 5.65. The number of benzene rings is 1. The molecule has 0 spiro atoms. The molecule has 0 aliphatic carbocycles. The zero-order chi connectivity index (χ0) is 11.9. The summed E-state index contributed by atoms with van der Waals surface area (Å²) in [6.45, 7) is 0.488. The van der Waals surface area contributed by atoms with Crippen LogP contribution < -0.4 is 4.74 Å². The minimum absolute atomic E-state index is 0.488. The third-order valence-corrected chi connectivity index (χ3v) is 2.22. The van der Waals surface area contributed by atoms with E-state index in [0.29, 0.717) is 6.61 Å². The lowest BCUT2D eigenvalue weighted by molar-refractivity contribution is 0.306. The summed E-state index contributed by atoms with van der Waals surface area (Å²) in [4.78, 5) is 3.94. The molecule has 2 rings (SSSR count). The molecule has 1 N–H and O–H groups in total. The van der Waals surface area contributed by atoms with Crippen molar-refractivity contribution in [2.45, 2.75) is 6.61 Å². The molecule has 0 fully saturated rings. The van der Waals surface area contributed by atoms with Crippen molar-refractivity contribution in [3.05, 3.63) is 59.9 Å². The molecule has 1 aromatic heterocycles. The van der Waals surface area contributed by atoms with Crippen molar-refractivity contribution in [1.82, 2.24) is 4.98 Å². The van der Waals surface area contributed by atoms with E-state index in [2.05, 4.69) is 10.1 Å². The molecule has 1 aromatic carbocycles. The lowest BCUT2D eigenvalue weighted by Crippen LogP contribution is -1.95. The molecule has 4 heteroatoms. The van der Waals surface area contributed by atoms with Gasteiger partial charge in [0, 0.05) is 12.4 Å². The van der Waals surface area contributed by atoms with Gasteiger partial charge in [0.2, 0.25) is 0 Å². The fraction of sp³-hybridized carbons (Fsp3) is 0.0769. The maximum atomic E-state index is 8.44. The normalized spacial score (nSPS) is 10.6. The number of pyridine rings is 1. The smallest absolute Gasteiger partial charge is 0.120 e. The van der Waals surface area contributed by atoms with Crippen molar-refractivity contribution >= 4 is 6.21 Å². The Hall–Kier alpha value is -2.36. The maximum Gasteiger partial charge on any atom is 0.120 e. The first kappa shape index (κ1) is 11.1. The quantitative estimate of drug-likeness (QED) is 0.497. The standard InChI is InChI=1S/C13H12N2O2/c16-15-9-12-2-1-3-13(8-12)17-10-11-4-6-14-7-5-11/h1-9,16H,10H2/b15-9+. The van der Waals surface area contributed by atoms with Crippen LogP contribution in [-0.2, 0) is 6.61 Å². The summed E-state index contributed by atoms with van der Waals surface area (Å²) in [5.41, 5.74) is 1.85. The van der Waals surface area contributed by atoms with Crippen molar-refractivity contribution < 1.29 is 9.94 Å². The van der Waals surface area contributed by atoms with E-state index in [9.17, 15) is 0 Å². The summed E-state index contributed by atoms with van der Waals surface area (Å²) < 4.78 is 5.61. The first-order valence-corrected chi connectivity index (χ1v) is 5.18. The molecule has 0 bridgehead atoms. The monoisotopic (exact) mass is 228 g/mol. The molecule has 0 aliphatic heterocycles. The van der Waals surface area contributed by atoms with Crippen LogP contribution in [0.4, 0.5) is 0 Å². The van der Waals surface area contributed by atoms with E-state index in [4.69, 9.17) is 9.94 Å². The predicted octanol–water partition coefficient (Wildman–Crippen LogP) is 2.47. The molecule has 0 amide bonds. The van der Waals surface area contributed by atoms with Crippen molar-refractivity contribution in [1.29, 1.82) is 0 Å². The Morgan fingerprint density at radius 2 is 2.06 bits per heavy atom. The topological polar surface area (TPSA) is 54.7 Å². The number of hydrogen-bond donors (Lipinski definition) is 1. The van der Waals surface area contributed by atoms with E-state index in [0.717, 1.165) is 16.9 Å². The van der Waals surface area contributed by atoms with Gasteiger partial charge in [-0.25, -0.2) is 0 Å². The van der Waals surface area contributed by atoms with Gasteiger partial charge in [-0.15, -0.1) is 0 Å². The van der Waals surface area contributed by atoms with Crippen LogP contribution in [0.25, 0.3) is 0 Å². The Kier molecular flexibility index (Phi) is 3.70. The van der Waals surface area contributed by atoms with Gasteiger partial charge in [0.1, 0.15) is 12.4 Å². The van der Waals surface area contributed by atoms with Gasteiger partial charge in [0.25, 0.3) is 0 Å². The number of nitrogens with zero attached hydrogens (tertiary/aromatic N) is 2. The van der Waals surface area contributed by atoms with Crippen LogP contribution >= 0.6 is 0 Å². The fourth-order valence-electron chi connectivity index (χ4n) is 1.40. The summed E-state index contributed by atoms with van der Waals surface area (Å²) in [6, 6.07) is 11.1. The summed E-state index contributed by atoms with van der Waals surface area (Å²) in [6.07, 6.45) is 4.82. The van der Waals surface area contributed by atoms with Crippen LogP contribution in [0, 0.1) is 0 Å². The largest absolute Gasteiger partial charge is 0.489 e. The van der Waals surface area contributed by atoms with E-state index >= 15 is 0 Å². The summed E-state index contributed by atoms with van der Waals surface area (Å²) >= 11 is 0. The second-order valence-corrected chi connectivity index (χ2v) is 3.46. The Morgan fingerprint density at radius 3 is 2.82 bits per heavy atom. The van der Waals surface area contributed by atoms with E-state index in [1.54, 1.807) is 18.5 Å². The minimum atomic E-state index is 0.488. The SMILES string of the molecule is O/N=C/c1cccc(OCc2ccncc2)c1. The van der Waals surface area contributed by atoms with Crippen LogP contribution in [-0.4, -0.2) is 16.4 Å². The summed E-state index contributed by atoms with van der Waals surface area (Å²) in [5.74, 6) is 0.735. The highest BCUT2D eigenvalue weighted by Gasteiger charge is 1.96. The van der Waals surface area contributed by atoms with Crippen molar-refractivity contribution in [3.8, 4) is 5.75 Å². The zero-order valence-corrected chi connectivity index (χ0v) is 9.15. The van der Waals surface area contributed by atoms with Crippen molar-refractivity contribution in [3.63, 3.8) is 0 Å². The lowest BCUT2D eigenvalue weighted by Gasteiger charge is -2.06. The van der Waals surface area contributed by atoms with Crippen molar-refractivity contribution in [2.75, 3.05) is 0 Å². The molecule has 0 atom stereocenters. The second-order valence-electron chi connectivity index (χ2n) is 3.46. The highest BCUT2D eigenvalue weighted by Crippen LogP contribution is 2.13. The van der Waals surface area contributed by atoms with Gasteiger partial charge in [-0.2, -0.15) is 0 Å². The Morgan fingerprint density at radius 1 is 1.24 bits per heavy atom. The van der Waals surface area contributed by atoms with Gasteiger partial charge in [0.05, 0.1) is 6.21 Å². The first-order valence-electron chi connectivity index (χ1n) is 5.18. The fourth-order valence-corrected chi connectivity index (χ4v) is 1.40. The maximum absolute atomic E-state index is 8.44. The molecule has 1 heterocycles. The van der Waals surface area contributed by atoms with E-state index in [1.807, 2.05) is 30.3 Å². The molecule has 0 saturated heterocycles. The van der Waals surface area contributed by atoms with Gasteiger partial charge < -0.3 is 9.94 Å². The van der Waals surface area contributed by atoms with Crippen LogP contribution in [0.2, 0.25) is 0 Å². The Labute approximate surface area is 99.2 Å². The number of ether oxygens (including phenoxy) is 1. The Balaban J connectivity index is 2.02. The number of hydrogen-bond acceptors (Lipinski definition) is 4. The molecule has 86 valence electrons. The molecule has 17 heavy (non-hydrogen) atoms. The summed E-state index contributed by atoms with van der Waals surface area (Å²) in [7, 11) is 0. The first-order chi connectivity index (χ1) is 8.38. The number of aromatic nitrogens is 1. The van der Waals surface area contributed by atoms with E-state index < -0.39 is 0 Å². The average molecular weight is 228 g/mol. The third kappa shape index (κ3) is 3.31. The number of oxime groups is 1. The highest BCUT2D eigenvalue weighted by molar-refractivity contribution is 5.79. The molecule has 0 saturated carbocycles. The average Bonchev–Trinajstić information content (AvgIpc) is 2.39. The van der Waals surface area contributed by atoms with Crippen LogP contribution in [0.1, 0.15) is 11.1 Å². The predicted molar refractivity (Wildman–Crippen MR) is 64.4 cm³/mol. The van der Waals surface area contributed by atoms with Gasteiger partial charge in [-0.05, 0) is 35.4 Å². The molecule has 0 radical (unpaired) electrons. The van der Waals surface area contributed by atoms with Gasteiger partial charge >= 0.3 is 0 Å². The van der Waals surface area contributed by atoms with Crippen LogP contribution in [0.15, 0.2) is 53.9 Å². The molecule has 0 unspecified atom stereocenters. The molecular formula is C13H12N2O2. The van der Waals surface area contributed by atoms with Gasteiger partial charge in [-0.1, -0.05) is 17.3 Å². The number of rotatable bonds is 4. The zero-order valence-electron chi connectivity index (χ0n) is 9.15. The van der Waals surface area contributed by atoms with Crippen LogP contribution in [0.3, 0.4) is 0 Å². The van der Waals surface area contributed by atoms with Gasteiger partial charge in [-0.3, -0.25) is 4.98 Å². The van der Waals surface area contributed by atoms with E-state index in [-0.39, 0.29) is 0 Å². The summed E-state index contributed by atoms with van der Waals surface area (Å²) in [5, 5.41) is 11.4. The lowest BCUT2D eigenvalue weighted by atomic mass is 10.2. The van der Waals surface area contributed by atoms with Gasteiger partial charge in [0.15, 0.2) is 0 Å². The van der Waals surface area contributed by atoms with E-state index in [1.165, 1.54) is 6.21 Å². The molecule has 0 aliphatic rings. The highest BCUT2D eigenvalue weighted by atomic mass is 16.5.